The number of furan rings is 1. The van der Waals surface area contributed by atoms with E-state index in [2.05, 4.69) is 11.4 Å². The molecule has 0 fully saturated rings. The van der Waals surface area contributed by atoms with Crippen LogP contribution in [0.25, 0.3) is 27.7 Å². The second kappa shape index (κ2) is 11.2. The Morgan fingerprint density at radius 3 is 2.39 bits per heavy atom. The highest BCUT2D eigenvalue weighted by Gasteiger charge is 2.19. The van der Waals surface area contributed by atoms with E-state index < -0.39 is 0 Å². The molecule has 1 atom stereocenters. The molecule has 5 heteroatoms. The highest BCUT2D eigenvalue weighted by molar-refractivity contribution is 6.01. The first-order chi connectivity index (χ1) is 17.4. The summed E-state index contributed by atoms with van der Waals surface area (Å²) >= 11 is 0. The Balaban J connectivity index is 1.71. The van der Waals surface area contributed by atoms with Crippen molar-refractivity contribution in [3.8, 4) is 22.6 Å². The zero-order chi connectivity index (χ0) is 25.7. The van der Waals surface area contributed by atoms with Gasteiger partial charge in [0.15, 0.2) is 0 Å². The molecule has 0 aliphatic rings. The topological polar surface area (TPSA) is 60.7 Å². The molecule has 36 heavy (non-hydrogen) atoms. The number of carbonyl (C=O) groups excluding carboxylic acids is 1. The maximum absolute atomic E-state index is 12.9. The van der Waals surface area contributed by atoms with Crippen LogP contribution in [0.15, 0.2) is 77.4 Å². The van der Waals surface area contributed by atoms with Crippen molar-refractivity contribution >= 4 is 22.4 Å². The first-order valence-corrected chi connectivity index (χ1v) is 12.4. The third-order valence-corrected chi connectivity index (χ3v) is 6.24. The van der Waals surface area contributed by atoms with E-state index >= 15 is 0 Å². The third kappa shape index (κ3) is 5.30. The maximum atomic E-state index is 12.9. The average Bonchev–Trinajstić information content (AvgIpc) is 3.31. The zero-order valence-electron chi connectivity index (χ0n) is 21.6. The number of hydrogen-bond donors (Lipinski definition) is 1. The number of nitrogens with one attached hydrogen (secondary N) is 1. The highest BCUT2D eigenvalue weighted by atomic mass is 16.5. The van der Waals surface area contributed by atoms with Gasteiger partial charge in [0.25, 0.3) is 0 Å². The van der Waals surface area contributed by atoms with Gasteiger partial charge in [-0.05, 0) is 69.5 Å². The van der Waals surface area contributed by atoms with Crippen molar-refractivity contribution in [3.05, 3.63) is 89.7 Å². The van der Waals surface area contributed by atoms with Gasteiger partial charge < -0.3 is 19.2 Å². The van der Waals surface area contributed by atoms with Gasteiger partial charge >= 0.3 is 0 Å². The number of fused-ring (bicyclic) bond motifs is 1. The third-order valence-electron chi connectivity index (χ3n) is 6.24. The summed E-state index contributed by atoms with van der Waals surface area (Å²) in [5, 5.41) is 4.03. The summed E-state index contributed by atoms with van der Waals surface area (Å²) in [5.41, 5.74) is 6.45. The molecule has 3 aromatic carbocycles. The smallest absolute Gasteiger partial charge is 0.244 e. The molecule has 5 nitrogen and oxygen atoms in total. The van der Waals surface area contributed by atoms with Gasteiger partial charge in [-0.15, -0.1) is 0 Å². The molecule has 1 N–H and O–H groups in total. The van der Waals surface area contributed by atoms with Crippen LogP contribution >= 0.6 is 0 Å². The average molecular weight is 484 g/mol. The molecule has 1 heterocycles. The van der Waals surface area contributed by atoms with E-state index in [0.717, 1.165) is 55.9 Å². The molecule has 0 aliphatic heterocycles. The van der Waals surface area contributed by atoms with Crippen LogP contribution in [-0.4, -0.2) is 19.1 Å². The lowest BCUT2D eigenvalue weighted by Crippen LogP contribution is -2.24. The molecule has 0 radical (unpaired) electrons. The Bertz CT molecular complexity index is 1370. The SMILES string of the molecule is CCOc1ccc(-c2coc3c(C)c(OCC)c(/C(C)=C/C(=O)NC(C)c4ccccc4)cc23)cc1. The number of ether oxygens (including phenoxy) is 2. The lowest BCUT2D eigenvalue weighted by molar-refractivity contribution is -0.117. The van der Waals surface area contributed by atoms with E-state index in [1.165, 1.54) is 0 Å². The van der Waals surface area contributed by atoms with E-state index in [1.54, 1.807) is 12.3 Å². The summed E-state index contributed by atoms with van der Waals surface area (Å²) in [7, 11) is 0. The minimum atomic E-state index is -0.150. The number of hydrogen-bond acceptors (Lipinski definition) is 4. The second-order valence-corrected chi connectivity index (χ2v) is 8.76. The van der Waals surface area contributed by atoms with Crippen LogP contribution in [0.5, 0.6) is 11.5 Å². The maximum Gasteiger partial charge on any atom is 0.244 e. The summed E-state index contributed by atoms with van der Waals surface area (Å²) in [6, 6.07) is 19.9. The number of rotatable bonds is 9. The van der Waals surface area contributed by atoms with Crippen LogP contribution in [-0.2, 0) is 4.79 Å². The van der Waals surface area contributed by atoms with Crippen molar-refractivity contribution < 1.29 is 18.7 Å². The molecular weight excluding hydrogens is 450 g/mol. The fraction of sp³-hybridized carbons (Fsp3) is 0.258. The van der Waals surface area contributed by atoms with Gasteiger partial charge in [-0.3, -0.25) is 4.79 Å². The number of carbonyl (C=O) groups is 1. The highest BCUT2D eigenvalue weighted by Crippen LogP contribution is 2.41. The molecule has 4 rings (SSSR count). The Kier molecular flexibility index (Phi) is 7.79. The number of allylic oxidation sites excluding steroid dienone is 1. The first kappa shape index (κ1) is 25.1. The molecule has 0 aliphatic carbocycles. The van der Waals surface area contributed by atoms with Gasteiger partial charge in [-0.25, -0.2) is 0 Å². The molecule has 0 spiro atoms. The fourth-order valence-electron chi connectivity index (χ4n) is 4.41. The van der Waals surface area contributed by atoms with E-state index in [4.69, 9.17) is 13.9 Å². The van der Waals surface area contributed by atoms with Gasteiger partial charge in [0.05, 0.1) is 25.5 Å². The summed E-state index contributed by atoms with van der Waals surface area (Å²) in [4.78, 5) is 12.9. The minimum absolute atomic E-state index is 0.0986. The summed E-state index contributed by atoms with van der Waals surface area (Å²) < 4.78 is 17.6. The van der Waals surface area contributed by atoms with Crippen LogP contribution in [0.4, 0.5) is 0 Å². The molecule has 1 amide bonds. The summed E-state index contributed by atoms with van der Waals surface area (Å²) in [6.45, 7) is 11.0. The second-order valence-electron chi connectivity index (χ2n) is 8.76. The van der Waals surface area contributed by atoms with Crippen LogP contribution < -0.4 is 14.8 Å². The fourth-order valence-corrected chi connectivity index (χ4v) is 4.41. The van der Waals surface area contributed by atoms with Gasteiger partial charge in [-0.2, -0.15) is 0 Å². The van der Waals surface area contributed by atoms with E-state index in [-0.39, 0.29) is 11.9 Å². The first-order valence-electron chi connectivity index (χ1n) is 12.4. The van der Waals surface area contributed by atoms with Crippen molar-refractivity contribution in [1.82, 2.24) is 5.32 Å². The molecule has 186 valence electrons. The Hall–Kier alpha value is -3.99. The number of benzene rings is 3. The van der Waals surface area contributed by atoms with Crippen LogP contribution in [0.3, 0.4) is 0 Å². The number of amides is 1. The van der Waals surface area contributed by atoms with Crippen molar-refractivity contribution in [1.29, 1.82) is 0 Å². The van der Waals surface area contributed by atoms with E-state index in [1.807, 2.05) is 89.2 Å². The molecule has 4 aromatic rings. The van der Waals surface area contributed by atoms with Crippen molar-refractivity contribution in [2.75, 3.05) is 13.2 Å². The van der Waals surface area contributed by atoms with Crippen molar-refractivity contribution in [2.24, 2.45) is 0 Å². The molecule has 1 aromatic heterocycles. The van der Waals surface area contributed by atoms with E-state index in [0.29, 0.717) is 13.2 Å². The van der Waals surface area contributed by atoms with Gasteiger partial charge in [0, 0.05) is 28.2 Å². The van der Waals surface area contributed by atoms with Crippen molar-refractivity contribution in [2.45, 2.75) is 40.7 Å². The Morgan fingerprint density at radius 2 is 1.72 bits per heavy atom. The Labute approximate surface area is 212 Å². The predicted molar refractivity (Wildman–Crippen MR) is 145 cm³/mol. The Morgan fingerprint density at radius 1 is 1.03 bits per heavy atom. The standard InChI is InChI=1S/C31H33NO4/c1-6-34-25-15-13-24(14-16-25)28-19-36-31-21(4)30(35-7-2)26(18-27(28)31)20(3)17-29(33)32-22(5)23-11-9-8-10-12-23/h8-19,22H,6-7H2,1-5H3,(H,32,33)/b20-17+. The largest absolute Gasteiger partial charge is 0.494 e. The quantitative estimate of drug-likeness (QED) is 0.251. The zero-order valence-corrected chi connectivity index (χ0v) is 21.6. The summed E-state index contributed by atoms with van der Waals surface area (Å²) in [6.07, 6.45) is 3.42. The molecule has 0 bridgehead atoms. The minimum Gasteiger partial charge on any atom is -0.494 e. The van der Waals surface area contributed by atoms with Gasteiger partial charge in [-0.1, -0.05) is 42.5 Å². The predicted octanol–water partition coefficient (Wildman–Crippen LogP) is 7.49. The molecule has 1 unspecified atom stereocenters. The van der Waals surface area contributed by atoms with Crippen LogP contribution in [0, 0.1) is 6.92 Å². The summed E-state index contributed by atoms with van der Waals surface area (Å²) in [5.74, 6) is 1.41. The molecular formula is C31H33NO4. The molecule has 0 saturated carbocycles. The number of aryl methyl sites for hydroxylation is 1. The lowest BCUT2D eigenvalue weighted by Gasteiger charge is -2.16. The van der Waals surface area contributed by atoms with E-state index in [9.17, 15) is 4.79 Å². The van der Waals surface area contributed by atoms with Gasteiger partial charge in [0.1, 0.15) is 17.1 Å². The monoisotopic (exact) mass is 483 g/mol. The van der Waals surface area contributed by atoms with Crippen LogP contribution in [0.1, 0.15) is 50.4 Å². The normalized spacial score (nSPS) is 12.4. The van der Waals surface area contributed by atoms with Crippen LogP contribution in [0.2, 0.25) is 0 Å². The van der Waals surface area contributed by atoms with Gasteiger partial charge in [0.2, 0.25) is 5.91 Å². The lowest BCUT2D eigenvalue weighted by atomic mass is 9.96. The molecule has 0 saturated heterocycles. The van der Waals surface area contributed by atoms with Crippen molar-refractivity contribution in [3.63, 3.8) is 0 Å².